The van der Waals surface area contributed by atoms with Crippen molar-refractivity contribution in [3.8, 4) is 0 Å². The first-order valence-electron chi connectivity index (χ1n) is 5.47. The van der Waals surface area contributed by atoms with Crippen molar-refractivity contribution >= 4 is 17.7 Å². The lowest BCUT2D eigenvalue weighted by Gasteiger charge is -2.16. The molecule has 96 valence electrons. The molecule has 2 rings (SSSR count). The molecule has 0 aliphatic heterocycles. The quantitative estimate of drug-likeness (QED) is 0.899. The molecule has 0 saturated heterocycles. The van der Waals surface area contributed by atoms with Gasteiger partial charge in [-0.05, 0) is 24.3 Å². The summed E-state index contributed by atoms with van der Waals surface area (Å²) in [7, 11) is 1.54. The largest absolute Gasteiger partial charge is 0.478 e. The molecular formula is C13H11N3O3. The smallest absolute Gasteiger partial charge is 0.335 e. The Labute approximate surface area is 109 Å². The van der Waals surface area contributed by atoms with Crippen LogP contribution in [0.4, 0.5) is 5.82 Å². The second kappa shape index (κ2) is 5.26. The maximum atomic E-state index is 12.1. The molecule has 19 heavy (non-hydrogen) atoms. The molecule has 0 atom stereocenters. The number of nitrogens with zero attached hydrogens (tertiary/aromatic N) is 3. The highest BCUT2D eigenvalue weighted by Gasteiger charge is 2.15. The van der Waals surface area contributed by atoms with Crippen molar-refractivity contribution in [1.82, 2.24) is 9.97 Å². The highest BCUT2D eigenvalue weighted by molar-refractivity contribution is 6.05. The van der Waals surface area contributed by atoms with Gasteiger partial charge in [0.2, 0.25) is 0 Å². The first-order chi connectivity index (χ1) is 9.09. The standard InChI is InChI=1S/C13H11N3O3/c1-16(12(17)9-2-5-14-6-3-9)11-8-10(13(18)19)4-7-15-11/h2-8H,1H3,(H,18,19). The average molecular weight is 257 g/mol. The topological polar surface area (TPSA) is 83.4 Å². The Morgan fingerprint density at radius 2 is 1.74 bits per heavy atom. The molecule has 2 aromatic heterocycles. The van der Waals surface area contributed by atoms with Crippen LogP contribution in [0.3, 0.4) is 0 Å². The van der Waals surface area contributed by atoms with E-state index < -0.39 is 5.97 Å². The van der Waals surface area contributed by atoms with Crippen molar-refractivity contribution in [3.63, 3.8) is 0 Å². The zero-order valence-corrected chi connectivity index (χ0v) is 10.1. The number of hydrogen-bond donors (Lipinski definition) is 1. The van der Waals surface area contributed by atoms with Gasteiger partial charge in [-0.15, -0.1) is 0 Å². The summed E-state index contributed by atoms with van der Waals surface area (Å²) < 4.78 is 0. The molecule has 1 N–H and O–H groups in total. The molecule has 0 aliphatic rings. The van der Waals surface area contributed by atoms with Gasteiger partial charge in [-0.1, -0.05) is 0 Å². The molecule has 0 bridgehead atoms. The average Bonchev–Trinajstić information content (AvgIpc) is 2.46. The molecule has 6 nitrogen and oxygen atoms in total. The molecule has 0 radical (unpaired) electrons. The number of pyridine rings is 2. The van der Waals surface area contributed by atoms with E-state index in [1.54, 1.807) is 12.1 Å². The minimum atomic E-state index is -1.06. The van der Waals surface area contributed by atoms with Crippen LogP contribution in [0.15, 0.2) is 42.9 Å². The fourth-order valence-corrected chi connectivity index (χ4v) is 1.53. The third-order valence-corrected chi connectivity index (χ3v) is 2.57. The number of rotatable bonds is 3. The molecule has 0 aromatic carbocycles. The summed E-state index contributed by atoms with van der Waals surface area (Å²) >= 11 is 0. The van der Waals surface area contributed by atoms with Crippen LogP contribution in [0.5, 0.6) is 0 Å². The van der Waals surface area contributed by atoms with Gasteiger partial charge in [0, 0.05) is 31.2 Å². The Kier molecular flexibility index (Phi) is 3.51. The van der Waals surface area contributed by atoms with E-state index in [0.29, 0.717) is 5.56 Å². The summed E-state index contributed by atoms with van der Waals surface area (Å²) in [6.45, 7) is 0. The Bertz CT molecular complexity index is 614. The summed E-state index contributed by atoms with van der Waals surface area (Å²) in [5.74, 6) is -1.06. The lowest BCUT2D eigenvalue weighted by atomic mass is 10.2. The van der Waals surface area contributed by atoms with Gasteiger partial charge in [0.15, 0.2) is 0 Å². The number of amides is 1. The molecule has 2 aromatic rings. The molecule has 0 spiro atoms. The fourth-order valence-electron chi connectivity index (χ4n) is 1.53. The lowest BCUT2D eigenvalue weighted by Crippen LogP contribution is -2.27. The predicted octanol–water partition coefficient (Wildman–Crippen LogP) is 1.45. The van der Waals surface area contributed by atoms with Gasteiger partial charge in [-0.3, -0.25) is 14.7 Å². The van der Waals surface area contributed by atoms with Crippen LogP contribution in [-0.2, 0) is 0 Å². The van der Waals surface area contributed by atoms with Crippen LogP contribution < -0.4 is 4.90 Å². The van der Waals surface area contributed by atoms with Crippen molar-refractivity contribution in [3.05, 3.63) is 54.0 Å². The van der Waals surface area contributed by atoms with Gasteiger partial charge < -0.3 is 5.11 Å². The van der Waals surface area contributed by atoms with E-state index in [-0.39, 0.29) is 17.3 Å². The number of carbonyl (C=O) groups is 2. The number of aromatic nitrogens is 2. The third-order valence-electron chi connectivity index (χ3n) is 2.57. The summed E-state index contributed by atoms with van der Waals surface area (Å²) in [6, 6.07) is 5.89. The normalized spacial score (nSPS) is 9.95. The van der Waals surface area contributed by atoms with Crippen LogP contribution in [0, 0.1) is 0 Å². The van der Waals surface area contributed by atoms with E-state index in [2.05, 4.69) is 9.97 Å². The molecule has 0 aliphatic carbocycles. The van der Waals surface area contributed by atoms with Crippen molar-refractivity contribution < 1.29 is 14.7 Å². The van der Waals surface area contributed by atoms with E-state index in [4.69, 9.17) is 5.11 Å². The van der Waals surface area contributed by atoms with E-state index in [1.807, 2.05) is 0 Å². The molecule has 6 heteroatoms. The molecule has 0 saturated carbocycles. The highest BCUT2D eigenvalue weighted by atomic mass is 16.4. The maximum Gasteiger partial charge on any atom is 0.335 e. The van der Waals surface area contributed by atoms with Crippen LogP contribution in [0.25, 0.3) is 0 Å². The van der Waals surface area contributed by atoms with E-state index >= 15 is 0 Å². The van der Waals surface area contributed by atoms with Crippen LogP contribution >= 0.6 is 0 Å². The van der Waals surface area contributed by atoms with Gasteiger partial charge in [0.05, 0.1) is 5.56 Å². The Hall–Kier alpha value is -2.76. The van der Waals surface area contributed by atoms with Crippen molar-refractivity contribution in [2.45, 2.75) is 0 Å². The lowest BCUT2D eigenvalue weighted by molar-refractivity contribution is 0.0696. The number of hydrogen-bond acceptors (Lipinski definition) is 4. The Balaban J connectivity index is 2.29. The number of carboxylic acid groups (broad SMARTS) is 1. The number of anilines is 1. The Morgan fingerprint density at radius 3 is 2.37 bits per heavy atom. The molecular weight excluding hydrogens is 246 g/mol. The molecule has 0 unspecified atom stereocenters. The summed E-state index contributed by atoms with van der Waals surface area (Å²) in [6.07, 6.45) is 4.39. The second-order valence-electron chi connectivity index (χ2n) is 3.81. The van der Waals surface area contributed by atoms with Gasteiger partial charge >= 0.3 is 5.97 Å². The minimum absolute atomic E-state index is 0.0828. The third kappa shape index (κ3) is 2.74. The summed E-state index contributed by atoms with van der Waals surface area (Å²) in [5, 5.41) is 8.91. The van der Waals surface area contributed by atoms with Crippen LogP contribution in [0.1, 0.15) is 20.7 Å². The van der Waals surface area contributed by atoms with Gasteiger partial charge in [0.1, 0.15) is 5.82 Å². The molecule has 1 amide bonds. The van der Waals surface area contributed by atoms with Gasteiger partial charge in [-0.2, -0.15) is 0 Å². The number of carboxylic acids is 1. The Morgan fingerprint density at radius 1 is 1.11 bits per heavy atom. The van der Waals surface area contributed by atoms with E-state index in [9.17, 15) is 9.59 Å². The first-order valence-corrected chi connectivity index (χ1v) is 5.47. The molecule has 0 fully saturated rings. The fraction of sp³-hybridized carbons (Fsp3) is 0.0769. The monoisotopic (exact) mass is 257 g/mol. The van der Waals surface area contributed by atoms with Gasteiger partial charge in [0.25, 0.3) is 5.91 Å². The number of carbonyl (C=O) groups excluding carboxylic acids is 1. The summed E-state index contributed by atoms with van der Waals surface area (Å²) in [4.78, 5) is 32.1. The minimum Gasteiger partial charge on any atom is -0.478 e. The maximum absolute atomic E-state index is 12.1. The van der Waals surface area contributed by atoms with Gasteiger partial charge in [-0.25, -0.2) is 9.78 Å². The van der Waals surface area contributed by atoms with Crippen molar-refractivity contribution in [2.24, 2.45) is 0 Å². The van der Waals surface area contributed by atoms with Crippen LogP contribution in [-0.4, -0.2) is 34.0 Å². The van der Waals surface area contributed by atoms with E-state index in [1.165, 1.54) is 42.7 Å². The second-order valence-corrected chi connectivity index (χ2v) is 3.81. The highest BCUT2D eigenvalue weighted by Crippen LogP contribution is 2.14. The number of aromatic carboxylic acids is 1. The zero-order valence-electron chi connectivity index (χ0n) is 10.1. The molecule has 2 heterocycles. The zero-order chi connectivity index (χ0) is 13.8. The van der Waals surface area contributed by atoms with Crippen LogP contribution in [0.2, 0.25) is 0 Å². The van der Waals surface area contributed by atoms with Crippen molar-refractivity contribution in [2.75, 3.05) is 11.9 Å². The van der Waals surface area contributed by atoms with E-state index in [0.717, 1.165) is 0 Å². The first kappa shape index (κ1) is 12.7. The predicted molar refractivity (Wildman–Crippen MR) is 68.2 cm³/mol. The SMILES string of the molecule is CN(C(=O)c1ccncc1)c1cc(C(=O)O)ccn1. The summed E-state index contributed by atoms with van der Waals surface area (Å²) in [5.41, 5.74) is 0.541. The van der Waals surface area contributed by atoms with Crippen molar-refractivity contribution in [1.29, 1.82) is 0 Å².